The molecular formula is C22H27N3O2. The average molecular weight is 365 g/mol. The van der Waals surface area contributed by atoms with Gasteiger partial charge in [0, 0.05) is 44.1 Å². The van der Waals surface area contributed by atoms with Gasteiger partial charge in [0.1, 0.15) is 0 Å². The lowest BCUT2D eigenvalue weighted by Crippen LogP contribution is -2.48. The molecule has 5 heteroatoms. The Bertz CT molecular complexity index is 838. The second-order valence-corrected chi connectivity index (χ2v) is 7.14. The maximum Gasteiger partial charge on any atom is 0.161 e. The summed E-state index contributed by atoms with van der Waals surface area (Å²) in [5, 5.41) is 3.50. The van der Waals surface area contributed by atoms with Gasteiger partial charge in [-0.25, -0.2) is 0 Å². The second kappa shape index (κ2) is 7.53. The number of ether oxygens (including phenoxy) is 2. The SMILES string of the molecule is COc1ccc(C2=CCN3C=C(N4CCN[C@@H](C)C4)C=CC3=C2)cc1OC. The van der Waals surface area contributed by atoms with Crippen LogP contribution < -0.4 is 14.8 Å². The van der Waals surface area contributed by atoms with Gasteiger partial charge in [0.25, 0.3) is 0 Å². The molecule has 1 fully saturated rings. The van der Waals surface area contributed by atoms with Crippen LogP contribution in [0.2, 0.25) is 0 Å². The Labute approximate surface area is 161 Å². The third kappa shape index (κ3) is 3.60. The maximum absolute atomic E-state index is 5.45. The fourth-order valence-electron chi connectivity index (χ4n) is 3.82. The van der Waals surface area contributed by atoms with E-state index in [-0.39, 0.29) is 0 Å². The molecule has 0 spiro atoms. The number of nitrogens with one attached hydrogen (secondary N) is 1. The van der Waals surface area contributed by atoms with Gasteiger partial charge in [0.2, 0.25) is 0 Å². The summed E-state index contributed by atoms with van der Waals surface area (Å²) in [7, 11) is 3.33. The summed E-state index contributed by atoms with van der Waals surface area (Å²) in [4.78, 5) is 4.77. The van der Waals surface area contributed by atoms with E-state index in [0.717, 1.165) is 43.2 Å². The van der Waals surface area contributed by atoms with E-state index in [9.17, 15) is 0 Å². The fourth-order valence-corrected chi connectivity index (χ4v) is 3.82. The van der Waals surface area contributed by atoms with Crippen LogP contribution in [-0.2, 0) is 0 Å². The first-order valence-corrected chi connectivity index (χ1v) is 9.47. The van der Waals surface area contributed by atoms with Crippen molar-refractivity contribution in [1.82, 2.24) is 15.1 Å². The van der Waals surface area contributed by atoms with Gasteiger partial charge in [-0.15, -0.1) is 0 Å². The van der Waals surface area contributed by atoms with Gasteiger partial charge in [-0.3, -0.25) is 0 Å². The topological polar surface area (TPSA) is 37.0 Å². The van der Waals surface area contributed by atoms with Crippen molar-refractivity contribution in [2.75, 3.05) is 40.4 Å². The molecule has 0 bridgehead atoms. The Morgan fingerprint density at radius 1 is 1.07 bits per heavy atom. The van der Waals surface area contributed by atoms with Crippen molar-refractivity contribution in [3.05, 3.63) is 65.7 Å². The molecule has 0 amide bonds. The summed E-state index contributed by atoms with van der Waals surface area (Å²) in [5.41, 5.74) is 4.86. The molecule has 3 aliphatic heterocycles. The van der Waals surface area contributed by atoms with E-state index < -0.39 is 0 Å². The third-order valence-electron chi connectivity index (χ3n) is 5.31. The molecule has 3 heterocycles. The quantitative estimate of drug-likeness (QED) is 0.888. The van der Waals surface area contributed by atoms with Crippen LogP contribution in [0, 0.1) is 0 Å². The van der Waals surface area contributed by atoms with E-state index in [2.05, 4.69) is 58.6 Å². The number of benzene rings is 1. The summed E-state index contributed by atoms with van der Waals surface area (Å²) in [6, 6.07) is 6.60. The van der Waals surface area contributed by atoms with E-state index in [4.69, 9.17) is 9.47 Å². The lowest BCUT2D eigenvalue weighted by Gasteiger charge is -2.37. The number of hydrogen-bond acceptors (Lipinski definition) is 5. The van der Waals surface area contributed by atoms with Crippen LogP contribution in [0.15, 0.2) is 60.1 Å². The molecule has 1 aromatic rings. The molecule has 1 N–H and O–H groups in total. The van der Waals surface area contributed by atoms with Crippen molar-refractivity contribution in [3.63, 3.8) is 0 Å². The molecule has 142 valence electrons. The summed E-state index contributed by atoms with van der Waals surface area (Å²) in [5.74, 6) is 1.51. The molecular weight excluding hydrogens is 338 g/mol. The minimum atomic E-state index is 0.530. The smallest absolute Gasteiger partial charge is 0.161 e. The second-order valence-electron chi connectivity index (χ2n) is 7.14. The zero-order chi connectivity index (χ0) is 18.8. The molecule has 1 atom stereocenters. The molecule has 3 aliphatic rings. The fraction of sp³-hybridized carbons (Fsp3) is 0.364. The van der Waals surface area contributed by atoms with Crippen molar-refractivity contribution in [3.8, 4) is 11.5 Å². The van der Waals surface area contributed by atoms with Crippen LogP contribution in [0.4, 0.5) is 0 Å². The van der Waals surface area contributed by atoms with Gasteiger partial charge in [-0.05, 0) is 48.4 Å². The van der Waals surface area contributed by atoms with Crippen molar-refractivity contribution in [2.24, 2.45) is 0 Å². The molecule has 0 saturated carbocycles. The lowest BCUT2D eigenvalue weighted by atomic mass is 9.99. The number of nitrogens with zero attached hydrogens (tertiary/aromatic N) is 2. The van der Waals surface area contributed by atoms with E-state index in [1.807, 2.05) is 12.1 Å². The van der Waals surface area contributed by atoms with Crippen LogP contribution in [0.25, 0.3) is 5.57 Å². The van der Waals surface area contributed by atoms with Gasteiger partial charge in [0.05, 0.1) is 19.9 Å². The number of methoxy groups -OCH3 is 2. The Hall–Kier alpha value is -2.66. The van der Waals surface area contributed by atoms with Crippen molar-refractivity contribution < 1.29 is 9.47 Å². The molecule has 4 rings (SSSR count). The molecule has 5 nitrogen and oxygen atoms in total. The highest BCUT2D eigenvalue weighted by molar-refractivity contribution is 5.78. The van der Waals surface area contributed by atoms with Crippen LogP contribution in [0.5, 0.6) is 11.5 Å². The summed E-state index contributed by atoms with van der Waals surface area (Å²) in [6.45, 7) is 6.25. The van der Waals surface area contributed by atoms with E-state index in [1.165, 1.54) is 17.0 Å². The Balaban J connectivity index is 1.53. The molecule has 0 aliphatic carbocycles. The van der Waals surface area contributed by atoms with Gasteiger partial charge in [0.15, 0.2) is 11.5 Å². The van der Waals surface area contributed by atoms with Crippen LogP contribution >= 0.6 is 0 Å². The van der Waals surface area contributed by atoms with Gasteiger partial charge in [-0.2, -0.15) is 0 Å². The van der Waals surface area contributed by atoms with Crippen LogP contribution in [0.3, 0.4) is 0 Å². The maximum atomic E-state index is 5.45. The number of rotatable bonds is 4. The third-order valence-corrected chi connectivity index (χ3v) is 5.31. The minimum Gasteiger partial charge on any atom is -0.493 e. The summed E-state index contributed by atoms with van der Waals surface area (Å²) < 4.78 is 10.8. The number of piperazine rings is 1. The number of fused-ring (bicyclic) bond motifs is 1. The molecule has 27 heavy (non-hydrogen) atoms. The Kier molecular flexibility index (Phi) is 4.94. The molecule has 0 unspecified atom stereocenters. The first-order chi connectivity index (χ1) is 13.2. The number of allylic oxidation sites excluding steroid dienone is 4. The minimum absolute atomic E-state index is 0.530. The molecule has 0 aromatic heterocycles. The van der Waals surface area contributed by atoms with Crippen molar-refractivity contribution in [2.45, 2.75) is 13.0 Å². The summed E-state index contributed by atoms with van der Waals surface area (Å²) >= 11 is 0. The molecule has 0 radical (unpaired) electrons. The van der Waals surface area contributed by atoms with Crippen molar-refractivity contribution >= 4 is 5.57 Å². The van der Waals surface area contributed by atoms with E-state index in [1.54, 1.807) is 14.2 Å². The van der Waals surface area contributed by atoms with Gasteiger partial charge < -0.3 is 24.6 Å². The monoisotopic (exact) mass is 365 g/mol. The molecule has 1 aromatic carbocycles. The highest BCUT2D eigenvalue weighted by Gasteiger charge is 2.21. The lowest BCUT2D eigenvalue weighted by molar-refractivity contribution is 0.257. The van der Waals surface area contributed by atoms with Gasteiger partial charge >= 0.3 is 0 Å². The van der Waals surface area contributed by atoms with Crippen LogP contribution in [0.1, 0.15) is 12.5 Å². The van der Waals surface area contributed by atoms with Gasteiger partial charge in [-0.1, -0.05) is 12.1 Å². The number of hydrogen-bond donors (Lipinski definition) is 1. The predicted molar refractivity (Wildman–Crippen MR) is 109 cm³/mol. The Morgan fingerprint density at radius 3 is 2.67 bits per heavy atom. The zero-order valence-corrected chi connectivity index (χ0v) is 16.2. The first kappa shape index (κ1) is 17.7. The van der Waals surface area contributed by atoms with E-state index in [0.29, 0.717) is 6.04 Å². The highest BCUT2D eigenvalue weighted by atomic mass is 16.5. The molecule has 1 saturated heterocycles. The summed E-state index contributed by atoms with van der Waals surface area (Å²) in [6.07, 6.45) is 11.2. The normalized spacial score (nSPS) is 21.9. The predicted octanol–water partition coefficient (Wildman–Crippen LogP) is 2.99. The first-order valence-electron chi connectivity index (χ1n) is 9.47. The van der Waals surface area contributed by atoms with Crippen LogP contribution in [-0.4, -0.2) is 56.2 Å². The highest BCUT2D eigenvalue weighted by Crippen LogP contribution is 2.33. The standard InChI is InChI=1S/C22H27N3O2/c1-16-14-25(11-9-23-16)20-6-5-19-12-18(8-10-24(19)15-20)17-4-7-21(26-2)22(13-17)27-3/h4-8,12-13,15-16,23H,9-11,14H2,1-3H3/t16-/m0/s1. The Morgan fingerprint density at radius 2 is 1.89 bits per heavy atom. The zero-order valence-electron chi connectivity index (χ0n) is 16.2. The van der Waals surface area contributed by atoms with E-state index >= 15 is 0 Å². The average Bonchev–Trinajstić information content (AvgIpc) is 2.72. The largest absolute Gasteiger partial charge is 0.493 e. The van der Waals surface area contributed by atoms with Crippen molar-refractivity contribution in [1.29, 1.82) is 0 Å².